The van der Waals surface area contributed by atoms with Crippen molar-refractivity contribution in [1.82, 2.24) is 0 Å². The Morgan fingerprint density at radius 2 is 1.45 bits per heavy atom. The maximum Gasteiger partial charge on any atom is 0.195 e. The van der Waals surface area contributed by atoms with E-state index in [-0.39, 0.29) is 16.2 Å². The summed E-state index contributed by atoms with van der Waals surface area (Å²) in [5, 5.41) is 21.3. The van der Waals surface area contributed by atoms with Crippen molar-refractivity contribution in [2.75, 3.05) is 0 Å². The van der Waals surface area contributed by atoms with Gasteiger partial charge >= 0.3 is 0 Å². The molecule has 0 amide bonds. The monoisotopic (exact) mass is 568 g/mol. The molecule has 2 N–H and O–H groups in total. The summed E-state index contributed by atoms with van der Waals surface area (Å²) in [6.45, 7) is 24.9. The Morgan fingerprint density at radius 3 is 2.03 bits per heavy atom. The van der Waals surface area contributed by atoms with Gasteiger partial charge in [-0.25, -0.2) is 0 Å². The standard InChI is InChI=1S/C32H64O4Si2/c1-12-13-20-27(35-37(8,9)31(2,3)4)21-18-19-26-24-25-29(33)28(26)22-16-14-15-17-23-30(34)36-38(10,11)32(5,6)7/h14,16,18-19,26-30,33-34H,12-13,15,17,20-25H2,1-11H3/t26-,27?,28+,29?,30?/m0/s1. The van der Waals surface area contributed by atoms with Crippen molar-refractivity contribution < 1.29 is 19.1 Å². The first-order valence-corrected chi connectivity index (χ1v) is 21.3. The number of unbranched alkanes of at least 4 members (excludes halogenated alkanes) is 2. The summed E-state index contributed by atoms with van der Waals surface area (Å²) in [5.74, 6) is 0.736. The maximum absolute atomic E-state index is 10.6. The fraction of sp³-hybridized carbons (Fsp3) is 0.875. The molecule has 1 aliphatic rings. The summed E-state index contributed by atoms with van der Waals surface area (Å²) in [7, 11) is -3.72. The number of hydrogen-bond acceptors (Lipinski definition) is 4. The highest BCUT2D eigenvalue weighted by Gasteiger charge is 2.40. The van der Waals surface area contributed by atoms with Gasteiger partial charge in [0.15, 0.2) is 16.6 Å². The molecule has 1 rings (SSSR count). The summed E-state index contributed by atoms with van der Waals surface area (Å²) in [5.41, 5.74) is 0. The first kappa shape index (κ1) is 35.8. The number of hydrogen-bond donors (Lipinski definition) is 2. The zero-order chi connectivity index (χ0) is 29.2. The predicted octanol–water partition coefficient (Wildman–Crippen LogP) is 9.36. The quantitative estimate of drug-likeness (QED) is 0.0842. The molecule has 0 aromatic carbocycles. The Hall–Kier alpha value is -0.246. The van der Waals surface area contributed by atoms with Crippen molar-refractivity contribution in [3.63, 3.8) is 0 Å². The van der Waals surface area contributed by atoms with Crippen LogP contribution in [-0.4, -0.2) is 45.3 Å². The molecule has 1 aliphatic carbocycles. The van der Waals surface area contributed by atoms with E-state index in [1.807, 2.05) is 0 Å². The molecule has 38 heavy (non-hydrogen) atoms. The van der Waals surface area contributed by atoms with Crippen molar-refractivity contribution in [3.05, 3.63) is 24.3 Å². The molecule has 0 aromatic heterocycles. The van der Waals surface area contributed by atoms with E-state index < -0.39 is 22.9 Å². The van der Waals surface area contributed by atoms with Crippen LogP contribution in [0.4, 0.5) is 0 Å². The summed E-state index contributed by atoms with van der Waals surface area (Å²) in [4.78, 5) is 0. The van der Waals surface area contributed by atoms with E-state index in [4.69, 9.17) is 8.85 Å². The van der Waals surface area contributed by atoms with E-state index in [1.54, 1.807) is 0 Å². The zero-order valence-electron chi connectivity index (χ0n) is 27.0. The lowest BCUT2D eigenvalue weighted by atomic mass is 9.90. The van der Waals surface area contributed by atoms with Crippen LogP contribution in [0.5, 0.6) is 0 Å². The van der Waals surface area contributed by atoms with Crippen molar-refractivity contribution in [1.29, 1.82) is 0 Å². The number of allylic oxidation sites excluding steroid dienone is 3. The van der Waals surface area contributed by atoms with E-state index >= 15 is 0 Å². The van der Waals surface area contributed by atoms with Gasteiger partial charge < -0.3 is 19.1 Å². The van der Waals surface area contributed by atoms with Gasteiger partial charge in [-0.1, -0.05) is 85.6 Å². The third kappa shape index (κ3) is 12.1. The zero-order valence-corrected chi connectivity index (χ0v) is 29.0. The van der Waals surface area contributed by atoms with Crippen LogP contribution in [0.3, 0.4) is 0 Å². The van der Waals surface area contributed by atoms with Crippen LogP contribution in [0.15, 0.2) is 24.3 Å². The van der Waals surface area contributed by atoms with E-state index in [0.29, 0.717) is 24.4 Å². The normalized spacial score (nSPS) is 23.6. The van der Waals surface area contributed by atoms with E-state index in [0.717, 1.165) is 44.9 Å². The minimum Gasteiger partial charge on any atom is -0.414 e. The van der Waals surface area contributed by atoms with Gasteiger partial charge in [-0.15, -0.1) is 0 Å². The minimum absolute atomic E-state index is 0.106. The third-order valence-corrected chi connectivity index (χ3v) is 18.4. The van der Waals surface area contributed by atoms with Gasteiger partial charge in [0, 0.05) is 6.10 Å². The molecular weight excluding hydrogens is 505 g/mol. The molecule has 1 saturated carbocycles. The van der Waals surface area contributed by atoms with Gasteiger partial charge in [0.2, 0.25) is 0 Å². The molecule has 0 aliphatic heterocycles. The Bertz CT molecular complexity index is 718. The predicted molar refractivity (Wildman–Crippen MR) is 169 cm³/mol. The fourth-order valence-electron chi connectivity index (χ4n) is 4.66. The smallest absolute Gasteiger partial charge is 0.195 e. The highest BCUT2D eigenvalue weighted by Crippen LogP contribution is 2.39. The molecule has 0 spiro atoms. The molecule has 224 valence electrons. The number of rotatable bonds is 16. The van der Waals surface area contributed by atoms with Crippen LogP contribution in [0, 0.1) is 11.8 Å². The minimum atomic E-state index is -1.93. The first-order chi connectivity index (χ1) is 17.4. The first-order valence-electron chi connectivity index (χ1n) is 15.4. The van der Waals surface area contributed by atoms with Crippen LogP contribution in [0.1, 0.15) is 113 Å². The fourth-order valence-corrected chi connectivity index (χ4v) is 7.21. The molecular formula is C32H64O4Si2. The Kier molecular flexibility index (Phi) is 14.8. The van der Waals surface area contributed by atoms with Gasteiger partial charge in [0.25, 0.3) is 0 Å². The van der Waals surface area contributed by atoms with Crippen LogP contribution >= 0.6 is 0 Å². The largest absolute Gasteiger partial charge is 0.414 e. The molecule has 1 fully saturated rings. The SMILES string of the molecule is CCCCC(CC=C[C@H]1CCC(O)[C@@H]1CC=CCCCC(O)O[Si](C)(C)C(C)(C)C)O[Si](C)(C)C(C)(C)C. The van der Waals surface area contributed by atoms with Crippen molar-refractivity contribution in [2.45, 2.75) is 167 Å². The van der Waals surface area contributed by atoms with Gasteiger partial charge in [-0.3, -0.25) is 0 Å². The topological polar surface area (TPSA) is 58.9 Å². The van der Waals surface area contributed by atoms with Crippen molar-refractivity contribution in [3.8, 4) is 0 Å². The summed E-state index contributed by atoms with van der Waals surface area (Å²) in [6, 6.07) is 0. The number of aliphatic hydroxyl groups excluding tert-OH is 2. The lowest BCUT2D eigenvalue weighted by Gasteiger charge is -2.39. The molecule has 6 heteroatoms. The van der Waals surface area contributed by atoms with Gasteiger partial charge in [0.05, 0.1) is 6.10 Å². The van der Waals surface area contributed by atoms with E-state index in [2.05, 4.69) is 99.0 Å². The number of aliphatic hydroxyl groups is 2. The van der Waals surface area contributed by atoms with Crippen LogP contribution in [-0.2, 0) is 8.85 Å². The molecule has 0 radical (unpaired) electrons. The van der Waals surface area contributed by atoms with Gasteiger partial charge in [0.1, 0.15) is 6.29 Å². The second kappa shape index (κ2) is 15.7. The molecule has 0 bridgehead atoms. The van der Waals surface area contributed by atoms with Crippen LogP contribution < -0.4 is 0 Å². The second-order valence-corrected chi connectivity index (χ2v) is 24.3. The average molecular weight is 569 g/mol. The van der Waals surface area contributed by atoms with Crippen molar-refractivity contribution >= 4 is 16.6 Å². The second-order valence-electron chi connectivity index (χ2n) is 14.7. The summed E-state index contributed by atoms with van der Waals surface area (Å²) in [6.07, 6.45) is 18.5. The third-order valence-electron chi connectivity index (χ3n) is 9.40. The maximum atomic E-state index is 10.6. The highest BCUT2D eigenvalue weighted by atomic mass is 28.4. The molecule has 0 heterocycles. The van der Waals surface area contributed by atoms with E-state index in [9.17, 15) is 10.2 Å². The molecule has 5 atom stereocenters. The lowest BCUT2D eigenvalue weighted by Crippen LogP contribution is -2.43. The van der Waals surface area contributed by atoms with Crippen LogP contribution in [0.25, 0.3) is 0 Å². The van der Waals surface area contributed by atoms with Gasteiger partial charge in [-0.2, -0.15) is 0 Å². The lowest BCUT2D eigenvalue weighted by molar-refractivity contribution is -0.0346. The Balaban J connectivity index is 2.56. The average Bonchev–Trinajstić information content (AvgIpc) is 3.11. The molecule has 0 aromatic rings. The Labute approximate surface area is 238 Å². The molecule has 4 nitrogen and oxygen atoms in total. The molecule has 0 saturated heterocycles. The molecule has 3 unspecified atom stereocenters. The van der Waals surface area contributed by atoms with Crippen LogP contribution in [0.2, 0.25) is 36.3 Å². The van der Waals surface area contributed by atoms with Gasteiger partial charge in [-0.05, 0) is 99.5 Å². The van der Waals surface area contributed by atoms with E-state index in [1.165, 1.54) is 12.8 Å². The Morgan fingerprint density at radius 1 is 0.842 bits per heavy atom. The summed E-state index contributed by atoms with van der Waals surface area (Å²) < 4.78 is 12.8. The summed E-state index contributed by atoms with van der Waals surface area (Å²) >= 11 is 0. The highest BCUT2D eigenvalue weighted by molar-refractivity contribution is 6.74. The van der Waals surface area contributed by atoms with Crippen molar-refractivity contribution in [2.24, 2.45) is 11.8 Å².